The van der Waals surface area contributed by atoms with E-state index in [2.05, 4.69) is 17.1 Å². The Balaban J connectivity index is 0.00000242. The summed E-state index contributed by atoms with van der Waals surface area (Å²) in [5, 5.41) is 3.85. The smallest absolute Gasteiger partial charge is 1.00 e. The van der Waals surface area contributed by atoms with E-state index in [-0.39, 0.29) is 58.4 Å². The Morgan fingerprint density at radius 1 is 0.902 bits per heavy atom. The van der Waals surface area contributed by atoms with Crippen LogP contribution in [-0.4, -0.2) is 26.3 Å². The van der Waals surface area contributed by atoms with Gasteiger partial charge in [0.2, 0.25) is 0 Å². The number of aromatic amines is 1. The van der Waals surface area contributed by atoms with Crippen LogP contribution in [-0.2, 0) is 19.4 Å². The van der Waals surface area contributed by atoms with Crippen molar-refractivity contribution in [2.24, 2.45) is 0 Å². The van der Waals surface area contributed by atoms with Gasteiger partial charge in [0.1, 0.15) is 11.6 Å². The normalized spacial score (nSPS) is 10.8. The summed E-state index contributed by atoms with van der Waals surface area (Å²) in [7, 11) is 0. The van der Waals surface area contributed by atoms with Gasteiger partial charge in [0.05, 0.1) is 24.4 Å². The standard InChI is InChI=1S/C32H32N4O4.K.H/c1-4-9-28-33-27(5-2)29(23-16-18-24(19-17-23)39-6-3)31(37)36(28)20-21-12-14-22(15-13-21)25-10-7-8-11-26(25)30-34-32(38)40-35-30;;/h7-8,10-19H,4-6,9,20H2,1-3H3,(H,34,35,38);;/q;+1;-1. The molecule has 0 atom stereocenters. The summed E-state index contributed by atoms with van der Waals surface area (Å²) in [5.74, 6) is 1.35. The number of rotatable bonds is 10. The molecule has 0 amide bonds. The molecule has 3 aromatic carbocycles. The molecule has 41 heavy (non-hydrogen) atoms. The van der Waals surface area contributed by atoms with Gasteiger partial charge in [-0.2, -0.15) is 0 Å². The van der Waals surface area contributed by atoms with Gasteiger partial charge in [0, 0.05) is 12.0 Å². The van der Waals surface area contributed by atoms with E-state index in [1.54, 1.807) is 4.57 Å². The zero-order valence-electron chi connectivity index (χ0n) is 24.9. The van der Waals surface area contributed by atoms with Gasteiger partial charge in [0.15, 0.2) is 5.82 Å². The van der Waals surface area contributed by atoms with E-state index in [1.165, 1.54) is 0 Å². The van der Waals surface area contributed by atoms with Crippen LogP contribution in [0.1, 0.15) is 45.7 Å². The van der Waals surface area contributed by atoms with Gasteiger partial charge >= 0.3 is 57.1 Å². The Morgan fingerprint density at radius 2 is 1.59 bits per heavy atom. The Kier molecular flexibility index (Phi) is 10.7. The van der Waals surface area contributed by atoms with E-state index >= 15 is 0 Å². The zero-order chi connectivity index (χ0) is 28.1. The fourth-order valence-electron chi connectivity index (χ4n) is 4.92. The summed E-state index contributed by atoms with van der Waals surface area (Å²) in [5.41, 5.74) is 5.87. The Hall–Kier alpha value is -3.08. The predicted molar refractivity (Wildman–Crippen MR) is 157 cm³/mol. The second-order valence-corrected chi connectivity index (χ2v) is 9.49. The molecule has 206 valence electrons. The molecular formula is C32H33KN4O4. The van der Waals surface area contributed by atoms with Gasteiger partial charge in [-0.15, -0.1) is 0 Å². The van der Waals surface area contributed by atoms with Crippen LogP contribution in [0.5, 0.6) is 5.75 Å². The summed E-state index contributed by atoms with van der Waals surface area (Å²) in [6.45, 7) is 7.07. The van der Waals surface area contributed by atoms with Crippen molar-refractivity contribution in [1.29, 1.82) is 0 Å². The van der Waals surface area contributed by atoms with Crippen molar-refractivity contribution >= 4 is 0 Å². The molecular weight excluding hydrogens is 543 g/mol. The average Bonchev–Trinajstić information content (AvgIpc) is 3.42. The number of aromatic nitrogens is 4. The van der Waals surface area contributed by atoms with Crippen molar-refractivity contribution in [3.8, 4) is 39.4 Å². The summed E-state index contributed by atoms with van der Waals surface area (Å²) < 4.78 is 12.1. The van der Waals surface area contributed by atoms with Crippen molar-refractivity contribution < 1.29 is 62.1 Å². The number of ether oxygens (including phenoxy) is 1. The molecule has 0 radical (unpaired) electrons. The van der Waals surface area contributed by atoms with Gasteiger partial charge in [-0.25, -0.2) is 9.78 Å². The van der Waals surface area contributed by atoms with Crippen molar-refractivity contribution in [3.63, 3.8) is 0 Å². The average molecular weight is 577 g/mol. The summed E-state index contributed by atoms with van der Waals surface area (Å²) in [6.07, 6.45) is 2.27. The first-order valence-electron chi connectivity index (χ1n) is 13.6. The molecule has 2 aromatic heterocycles. The van der Waals surface area contributed by atoms with Crippen LogP contribution >= 0.6 is 0 Å². The van der Waals surface area contributed by atoms with Gasteiger partial charge in [-0.05, 0) is 54.2 Å². The van der Waals surface area contributed by atoms with E-state index in [4.69, 9.17) is 14.2 Å². The number of benzene rings is 3. The number of H-pyrrole nitrogens is 1. The third kappa shape index (κ3) is 6.87. The fraction of sp³-hybridized carbons (Fsp3) is 0.250. The minimum absolute atomic E-state index is 0. The second kappa shape index (κ2) is 14.2. The molecule has 0 aliphatic heterocycles. The van der Waals surface area contributed by atoms with Gasteiger partial charge in [0.25, 0.3) is 5.56 Å². The van der Waals surface area contributed by atoms with E-state index < -0.39 is 5.76 Å². The third-order valence-electron chi connectivity index (χ3n) is 6.81. The van der Waals surface area contributed by atoms with Crippen LogP contribution in [0.3, 0.4) is 0 Å². The van der Waals surface area contributed by atoms with Crippen LogP contribution in [0.4, 0.5) is 0 Å². The molecule has 5 aromatic rings. The molecule has 0 fully saturated rings. The maximum atomic E-state index is 14.0. The largest absolute Gasteiger partial charge is 1.00 e. The number of hydrogen-bond acceptors (Lipinski definition) is 6. The van der Waals surface area contributed by atoms with E-state index in [9.17, 15) is 9.59 Å². The molecule has 0 saturated heterocycles. The number of aryl methyl sites for hydroxylation is 2. The number of hydrogen-bond donors (Lipinski definition) is 1. The second-order valence-electron chi connectivity index (χ2n) is 9.49. The topological polar surface area (TPSA) is 103 Å². The maximum Gasteiger partial charge on any atom is 1.00 e. The summed E-state index contributed by atoms with van der Waals surface area (Å²) in [4.78, 5) is 33.1. The molecule has 9 heteroatoms. The van der Waals surface area contributed by atoms with Crippen LogP contribution in [0, 0.1) is 0 Å². The molecule has 1 N–H and O–H groups in total. The van der Waals surface area contributed by atoms with Crippen LogP contribution in [0.15, 0.2) is 86.9 Å². The number of nitrogens with one attached hydrogen (secondary N) is 1. The molecule has 0 spiro atoms. The van der Waals surface area contributed by atoms with Crippen molar-refractivity contribution in [2.45, 2.75) is 46.6 Å². The van der Waals surface area contributed by atoms with Crippen molar-refractivity contribution in [2.75, 3.05) is 6.61 Å². The molecule has 0 bridgehead atoms. The number of nitrogens with zero attached hydrogens (tertiary/aromatic N) is 3. The van der Waals surface area contributed by atoms with E-state index in [0.717, 1.165) is 51.5 Å². The first-order valence-corrected chi connectivity index (χ1v) is 13.6. The Morgan fingerprint density at radius 3 is 2.20 bits per heavy atom. The summed E-state index contributed by atoms with van der Waals surface area (Å²) in [6, 6.07) is 23.4. The molecule has 0 aliphatic carbocycles. The Labute approximate surface area is 282 Å². The van der Waals surface area contributed by atoms with Crippen LogP contribution in [0.2, 0.25) is 0 Å². The molecule has 8 nitrogen and oxygen atoms in total. The van der Waals surface area contributed by atoms with Gasteiger partial charge in [-0.3, -0.25) is 18.9 Å². The molecule has 5 rings (SSSR count). The first-order chi connectivity index (χ1) is 19.5. The molecule has 0 aliphatic rings. The fourth-order valence-corrected chi connectivity index (χ4v) is 4.92. The predicted octanol–water partition coefficient (Wildman–Crippen LogP) is 3.00. The quantitative estimate of drug-likeness (QED) is 0.257. The van der Waals surface area contributed by atoms with Gasteiger partial charge < -0.3 is 6.16 Å². The monoisotopic (exact) mass is 576 g/mol. The maximum absolute atomic E-state index is 14.0. The summed E-state index contributed by atoms with van der Waals surface area (Å²) >= 11 is 0. The third-order valence-corrected chi connectivity index (χ3v) is 6.81. The molecule has 0 saturated carbocycles. The molecule has 2 heterocycles. The van der Waals surface area contributed by atoms with E-state index in [1.807, 2.05) is 86.6 Å². The molecule has 0 unspecified atom stereocenters. The van der Waals surface area contributed by atoms with Crippen LogP contribution in [0.25, 0.3) is 33.6 Å². The first kappa shape index (κ1) is 30.9. The minimum atomic E-state index is -0.596. The van der Waals surface area contributed by atoms with Gasteiger partial charge in [-0.1, -0.05) is 79.7 Å². The van der Waals surface area contributed by atoms with Crippen molar-refractivity contribution in [1.82, 2.24) is 19.7 Å². The minimum Gasteiger partial charge on any atom is -1.00 e. The van der Waals surface area contributed by atoms with E-state index in [0.29, 0.717) is 37.4 Å². The Bertz CT molecular complexity index is 1730. The SMILES string of the molecule is CCCc1nc(CC)c(-c2ccc(OCC)cc2)c(=O)n1Cc1ccc(-c2ccccc2-c2noc(=O)[nH]2)cc1.[H-].[K+]. The van der Waals surface area contributed by atoms with Crippen LogP contribution < -0.4 is 67.4 Å². The van der Waals surface area contributed by atoms with Crippen molar-refractivity contribution in [3.05, 3.63) is 111 Å². The zero-order valence-corrected chi connectivity index (χ0v) is 27.1.